The molecule has 0 fully saturated rings. The van der Waals surface area contributed by atoms with E-state index in [1.54, 1.807) is 19.3 Å². The van der Waals surface area contributed by atoms with Crippen LogP contribution >= 0.6 is 0 Å². The highest BCUT2D eigenvalue weighted by molar-refractivity contribution is 5.49. The zero-order valence-electron chi connectivity index (χ0n) is 45.5. The zero-order chi connectivity index (χ0) is 52.8. The summed E-state index contributed by atoms with van der Waals surface area (Å²) in [5.74, 6) is 0. The van der Waals surface area contributed by atoms with Crippen molar-refractivity contribution in [1.82, 2.24) is 0 Å². The van der Waals surface area contributed by atoms with E-state index in [2.05, 4.69) is 17.1 Å². The highest BCUT2D eigenvalue weighted by Gasteiger charge is 2.27. The van der Waals surface area contributed by atoms with Crippen LogP contribution in [0.2, 0.25) is 0 Å². The number of hydrogen-bond acceptors (Lipinski definition) is 12. The number of quaternary nitrogens is 7. The topological polar surface area (TPSA) is 213 Å². The van der Waals surface area contributed by atoms with E-state index in [-0.39, 0.29) is 45.2 Å². The number of benzene rings is 1. The van der Waals surface area contributed by atoms with Crippen molar-refractivity contribution >= 4 is 6.34 Å². The first-order valence-corrected chi connectivity index (χ1v) is 25.7. The van der Waals surface area contributed by atoms with Gasteiger partial charge in [0.15, 0.2) is 6.20 Å². The lowest BCUT2D eigenvalue weighted by atomic mass is 10.2. The molecule has 9 N–H and O–H groups in total. The molecule has 0 radical (unpaired) electrons. The largest absolute Gasteiger partial charge is 0.393 e. The number of hydrogen-bond donors (Lipinski definition) is 9. The maximum atomic E-state index is 10.0. The summed E-state index contributed by atoms with van der Waals surface area (Å²) in [6.45, 7) is 40.4. The number of aliphatic hydroxyl groups excluding tert-OH is 2. The number of nitrogens with zero attached hydrogens (tertiary/aromatic N) is 8. The quantitative estimate of drug-likeness (QED) is 0.0216. The van der Waals surface area contributed by atoms with Gasteiger partial charge in [-0.15, -0.1) is 4.65 Å². The van der Waals surface area contributed by atoms with E-state index in [0.29, 0.717) is 105 Å². The molecule has 0 amide bonds. The van der Waals surface area contributed by atoms with E-state index in [0.717, 1.165) is 58.8 Å². The average molecular weight is 986 g/mol. The highest BCUT2D eigenvalue weighted by Crippen LogP contribution is 2.11. The molecule has 19 nitrogen and oxygen atoms in total. The van der Waals surface area contributed by atoms with E-state index in [4.69, 9.17) is 19.7 Å². The van der Waals surface area contributed by atoms with Gasteiger partial charge in [-0.25, -0.2) is 41.4 Å². The lowest BCUT2D eigenvalue weighted by molar-refractivity contribution is -1.11. The Hall–Kier alpha value is -2.09. The second kappa shape index (κ2) is 38.6. The Morgan fingerprint density at radius 1 is 0.515 bits per heavy atom. The van der Waals surface area contributed by atoms with Crippen molar-refractivity contribution in [3.8, 4) is 0 Å². The molecule has 1 aliphatic rings. The summed E-state index contributed by atoms with van der Waals surface area (Å²) in [7, 11) is 0. The van der Waals surface area contributed by atoms with Gasteiger partial charge in [0, 0.05) is 12.0 Å². The molecule has 2 atom stereocenters. The van der Waals surface area contributed by atoms with Gasteiger partial charge in [0.25, 0.3) is 0 Å². The first kappa shape index (κ1) is 70.2. The molecule has 1 heterocycles. The third kappa shape index (κ3) is 33.5. The van der Waals surface area contributed by atoms with Gasteiger partial charge in [0.05, 0.1) is 51.8 Å². The Kier molecular flexibility index (Phi) is 39.8. The highest BCUT2D eigenvalue weighted by atomic mass is 16.6. The van der Waals surface area contributed by atoms with Gasteiger partial charge in [0.2, 0.25) is 6.34 Å². The minimum atomic E-state index is -0.375. The summed E-state index contributed by atoms with van der Waals surface area (Å²) >= 11 is 0. The summed E-state index contributed by atoms with van der Waals surface area (Å²) in [5, 5.41) is 86.4. The van der Waals surface area contributed by atoms with E-state index in [1.165, 1.54) is 11.9 Å². The third-order valence-corrected chi connectivity index (χ3v) is 13.3. The molecule has 0 saturated carbocycles. The molecular formula is C49H109N8O11+7. The number of rotatable bonds is 32. The van der Waals surface area contributed by atoms with Gasteiger partial charge in [-0.3, -0.25) is 0 Å². The molecule has 0 aromatic heterocycles. The normalized spacial score (nSPS) is 15.6. The molecule has 404 valence electrons. The Morgan fingerprint density at radius 2 is 0.868 bits per heavy atom. The van der Waals surface area contributed by atoms with Gasteiger partial charge in [0.1, 0.15) is 124 Å². The van der Waals surface area contributed by atoms with Crippen molar-refractivity contribution < 1.29 is 88.7 Å². The van der Waals surface area contributed by atoms with Gasteiger partial charge in [-0.1, -0.05) is 30.3 Å². The molecule has 1 aromatic rings. The van der Waals surface area contributed by atoms with Gasteiger partial charge >= 0.3 is 0 Å². The van der Waals surface area contributed by atoms with Crippen LogP contribution in [0.4, 0.5) is 0 Å². The monoisotopic (exact) mass is 986 g/mol. The molecule has 1 aromatic carbocycles. The minimum absolute atomic E-state index is 0.0174. The molecule has 2 rings (SSSR count). The fourth-order valence-corrected chi connectivity index (χ4v) is 6.58. The van der Waals surface area contributed by atoms with E-state index in [1.807, 2.05) is 101 Å². The van der Waals surface area contributed by atoms with Crippen molar-refractivity contribution in [1.29, 1.82) is 0 Å². The molecular weight excluding hydrogens is 877 g/mol. The third-order valence-electron chi connectivity index (χ3n) is 13.3. The van der Waals surface area contributed by atoms with Crippen LogP contribution < -0.4 is 0 Å². The van der Waals surface area contributed by atoms with Crippen LogP contribution in [0.1, 0.15) is 108 Å². The number of aliphatic imine (C=N–C) groups is 1. The summed E-state index contributed by atoms with van der Waals surface area (Å²) in [6, 6.07) is 10.1. The fourth-order valence-electron chi connectivity index (χ4n) is 6.58. The number of hydroxylamine groups is 21. The number of ether oxygens (including phenoxy) is 2. The standard InChI is InChI=1S/C14H34N2O4.C11H28N2O2.C11H18NO.C7H13N2O2.C6H16NO2/c1-5-15(17,6-2)9-11-19-13-14-20-12-10-16(18,7-3)8-4;1-5-12(14,6-2)10-9-11-13(15,7-3)8-4;1-3-12(13,4-2)10-11-8-6-5-7-9-11;1-7(10)2-4-9(11)5-3-8-6-9;1-3-7(9,4-2)5-6-8/h17-18H,5-14H2,1-4H3;14-15H,5-11H2,1-4H3;5-9,13H,3-4,10H2,1-2H3;3,5-7,10-11H,2,4H2,1H3;8-9H,3-6H2,1-2H3/q2*+2;3*+1. The molecule has 1 aliphatic heterocycles. The van der Waals surface area contributed by atoms with Crippen molar-refractivity contribution in [3.63, 3.8) is 0 Å². The predicted molar refractivity (Wildman–Crippen MR) is 267 cm³/mol. The molecule has 0 bridgehead atoms. The molecule has 0 spiro atoms. The second-order valence-corrected chi connectivity index (χ2v) is 17.7. The Morgan fingerprint density at radius 3 is 1.16 bits per heavy atom. The van der Waals surface area contributed by atoms with Crippen LogP contribution in [0.15, 0.2) is 47.7 Å². The van der Waals surface area contributed by atoms with E-state index < -0.39 is 0 Å². The van der Waals surface area contributed by atoms with Crippen LogP contribution in [-0.2, 0) is 16.0 Å². The Labute approximate surface area is 413 Å². The first-order valence-electron chi connectivity index (χ1n) is 25.7. The Bertz CT molecular complexity index is 1300. The predicted octanol–water partition coefficient (Wildman–Crippen LogP) is 6.51. The van der Waals surface area contributed by atoms with Crippen molar-refractivity contribution in [3.05, 3.63) is 48.3 Å². The summed E-state index contributed by atoms with van der Waals surface area (Å²) in [5.41, 5.74) is 1.19. The summed E-state index contributed by atoms with van der Waals surface area (Å²) in [4.78, 5) is 3.75. The second-order valence-electron chi connectivity index (χ2n) is 17.7. The summed E-state index contributed by atoms with van der Waals surface area (Å²) in [6.07, 6.45) is 5.59. The van der Waals surface area contributed by atoms with Crippen LogP contribution in [0.5, 0.6) is 0 Å². The van der Waals surface area contributed by atoms with Crippen molar-refractivity contribution in [2.45, 2.75) is 115 Å². The maximum Gasteiger partial charge on any atom is 0.227 e. The van der Waals surface area contributed by atoms with Gasteiger partial charge < -0.3 is 19.7 Å². The number of aliphatic hydroxyl groups is 2. The smallest absolute Gasteiger partial charge is 0.227 e. The van der Waals surface area contributed by atoms with Crippen molar-refractivity contribution in [2.75, 3.05) is 151 Å². The van der Waals surface area contributed by atoms with Gasteiger partial charge in [-0.2, -0.15) is 27.9 Å². The Balaban J connectivity index is -0.000000796. The van der Waals surface area contributed by atoms with Crippen LogP contribution in [0, 0.1) is 0 Å². The number of likely N-dealkylation sites (N-methyl/N-ethyl adjacent to an activating group) is 3. The fraction of sp³-hybridized carbons (Fsp3) is 0.816. The molecule has 19 heteroatoms. The molecule has 0 saturated heterocycles. The lowest BCUT2D eigenvalue weighted by Crippen LogP contribution is -2.49. The zero-order valence-corrected chi connectivity index (χ0v) is 45.5. The summed E-state index contributed by atoms with van der Waals surface area (Å²) < 4.78 is 11.1. The average Bonchev–Trinajstić information content (AvgIpc) is 3.81. The van der Waals surface area contributed by atoms with Crippen LogP contribution in [-0.4, -0.2) is 242 Å². The maximum absolute atomic E-state index is 10.0. The van der Waals surface area contributed by atoms with Crippen molar-refractivity contribution in [2.24, 2.45) is 4.99 Å². The first-order chi connectivity index (χ1) is 31.9. The molecule has 68 heavy (non-hydrogen) atoms. The van der Waals surface area contributed by atoms with E-state index >= 15 is 0 Å². The van der Waals surface area contributed by atoms with Gasteiger partial charge in [-0.05, 0) is 90.0 Å². The SMILES string of the molecule is CC(O)CC[N+]1(O)C=CN=C1.CC[N+](O)(CC)CCC[N+](O)(CC)CC.CC[N+](O)(CC)CCO.CC[N+](O)(CC)CCOCCOCC[N+](O)(CC)CC.CC[N+](O)(CC)Cc1ccccc1. The lowest BCUT2D eigenvalue weighted by Gasteiger charge is -2.31. The molecule has 0 aliphatic carbocycles. The minimum Gasteiger partial charge on any atom is -0.393 e. The van der Waals surface area contributed by atoms with E-state index in [9.17, 15) is 36.5 Å². The van der Waals surface area contributed by atoms with Crippen LogP contribution in [0.3, 0.4) is 0 Å². The van der Waals surface area contributed by atoms with Crippen LogP contribution in [0.25, 0.3) is 0 Å². The molecule has 2 unspecified atom stereocenters.